The maximum atomic E-state index is 12.8. The summed E-state index contributed by atoms with van der Waals surface area (Å²) < 4.78 is 0.995. The SMILES string of the molecule is CN(C)c1ccc(C=CC=C2CCC(=CC=Cc3ccc(N(C)CCC[N+](C)(C)C)cc3)C2=O)cc1. The Balaban J connectivity index is 1.52. The van der Waals surface area contributed by atoms with Crippen molar-refractivity contribution in [2.75, 3.05) is 65.2 Å². The van der Waals surface area contributed by atoms with Crippen molar-refractivity contribution >= 4 is 29.3 Å². The fourth-order valence-electron chi connectivity index (χ4n) is 4.21. The van der Waals surface area contributed by atoms with E-state index in [1.54, 1.807) is 0 Å². The molecule has 0 heterocycles. The van der Waals surface area contributed by atoms with Crippen molar-refractivity contribution in [3.8, 4) is 0 Å². The number of rotatable bonds is 10. The van der Waals surface area contributed by atoms with Crippen molar-refractivity contribution in [2.24, 2.45) is 0 Å². The zero-order chi connectivity index (χ0) is 26.1. The van der Waals surface area contributed by atoms with Crippen LogP contribution in [0.2, 0.25) is 0 Å². The van der Waals surface area contributed by atoms with E-state index in [9.17, 15) is 4.79 Å². The molecule has 0 aliphatic heterocycles. The van der Waals surface area contributed by atoms with Gasteiger partial charge in [0.1, 0.15) is 0 Å². The molecule has 1 aliphatic carbocycles. The Morgan fingerprint density at radius 1 is 0.750 bits per heavy atom. The molecule has 0 aromatic heterocycles. The van der Waals surface area contributed by atoms with E-state index in [1.807, 2.05) is 44.5 Å². The second-order valence-electron chi connectivity index (χ2n) is 10.8. The number of carbonyl (C=O) groups is 1. The number of carbonyl (C=O) groups excluding carboxylic acids is 1. The molecule has 1 saturated carbocycles. The van der Waals surface area contributed by atoms with Crippen LogP contribution in [0.3, 0.4) is 0 Å². The third kappa shape index (κ3) is 8.39. The zero-order valence-corrected chi connectivity index (χ0v) is 22.9. The van der Waals surface area contributed by atoms with Crippen LogP contribution in [0.25, 0.3) is 12.2 Å². The maximum Gasteiger partial charge on any atom is 0.185 e. The van der Waals surface area contributed by atoms with Crippen LogP contribution >= 0.6 is 0 Å². The van der Waals surface area contributed by atoms with Gasteiger partial charge in [0.05, 0.1) is 27.7 Å². The van der Waals surface area contributed by atoms with E-state index < -0.39 is 0 Å². The molecule has 1 fully saturated rings. The first-order valence-corrected chi connectivity index (χ1v) is 12.8. The molecule has 3 rings (SSSR count). The molecule has 4 heteroatoms. The zero-order valence-electron chi connectivity index (χ0n) is 22.9. The molecule has 0 radical (unpaired) electrons. The molecule has 0 spiro atoms. The molecule has 190 valence electrons. The van der Waals surface area contributed by atoms with Crippen LogP contribution in [0.15, 0.2) is 84.0 Å². The van der Waals surface area contributed by atoms with Gasteiger partial charge in [-0.2, -0.15) is 0 Å². The minimum absolute atomic E-state index is 0.165. The highest BCUT2D eigenvalue weighted by molar-refractivity contribution is 6.11. The number of hydrogen-bond donors (Lipinski definition) is 0. The van der Waals surface area contributed by atoms with Gasteiger partial charge in [-0.1, -0.05) is 60.7 Å². The Labute approximate surface area is 218 Å². The topological polar surface area (TPSA) is 23.6 Å². The van der Waals surface area contributed by atoms with E-state index in [0.29, 0.717) is 0 Å². The van der Waals surface area contributed by atoms with Crippen LogP contribution in [-0.4, -0.2) is 65.6 Å². The minimum atomic E-state index is 0.165. The van der Waals surface area contributed by atoms with Crippen molar-refractivity contribution in [1.82, 2.24) is 0 Å². The summed E-state index contributed by atoms with van der Waals surface area (Å²) in [6, 6.07) is 17.0. The molecule has 1 aliphatic rings. The molecular formula is C32H42N3O+. The summed E-state index contributed by atoms with van der Waals surface area (Å²) in [5.74, 6) is 0.165. The van der Waals surface area contributed by atoms with Gasteiger partial charge in [0.2, 0.25) is 0 Å². The number of Topliss-reactive ketones (excluding diaryl/α,β-unsaturated/α-hetero) is 1. The van der Waals surface area contributed by atoms with Crippen LogP contribution in [0.1, 0.15) is 30.4 Å². The van der Waals surface area contributed by atoms with E-state index in [2.05, 4.69) is 92.6 Å². The summed E-state index contributed by atoms with van der Waals surface area (Å²) >= 11 is 0. The summed E-state index contributed by atoms with van der Waals surface area (Å²) in [5.41, 5.74) is 6.44. The monoisotopic (exact) mass is 484 g/mol. The van der Waals surface area contributed by atoms with Gasteiger partial charge in [0, 0.05) is 56.6 Å². The number of hydrogen-bond acceptors (Lipinski definition) is 3. The highest BCUT2D eigenvalue weighted by Gasteiger charge is 2.21. The quantitative estimate of drug-likeness (QED) is 0.295. The summed E-state index contributed by atoms with van der Waals surface area (Å²) in [4.78, 5) is 17.2. The van der Waals surface area contributed by atoms with Crippen LogP contribution < -0.4 is 9.80 Å². The number of nitrogens with zero attached hydrogens (tertiary/aromatic N) is 3. The molecule has 2 aromatic carbocycles. The molecule has 0 amide bonds. The lowest BCUT2D eigenvalue weighted by Crippen LogP contribution is -2.37. The Bertz CT molecular complexity index is 1130. The standard InChI is InChI=1S/C32H42N3O/c1-33(2)30-20-14-26(15-21-30)10-7-12-28-18-19-29(32(28)36)13-8-11-27-16-22-31(23-17-27)34(3)24-9-25-35(4,5)6/h7-8,10-17,20-23H,9,18-19,24-25H2,1-6H3/q+1. The molecule has 0 bridgehead atoms. The highest BCUT2D eigenvalue weighted by atomic mass is 16.1. The average Bonchev–Trinajstić information content (AvgIpc) is 3.18. The number of allylic oxidation sites excluding steroid dienone is 6. The fraction of sp³-hybridized carbons (Fsp3) is 0.344. The third-order valence-electron chi connectivity index (χ3n) is 6.48. The molecule has 0 saturated heterocycles. The predicted molar refractivity (Wildman–Crippen MR) is 156 cm³/mol. The number of benzene rings is 2. The van der Waals surface area contributed by atoms with Gasteiger partial charge in [0.25, 0.3) is 0 Å². The molecule has 2 aromatic rings. The highest BCUT2D eigenvalue weighted by Crippen LogP contribution is 2.26. The van der Waals surface area contributed by atoms with Crippen LogP contribution in [-0.2, 0) is 4.79 Å². The first kappa shape index (κ1) is 27.2. The number of quaternary nitrogens is 1. The lowest BCUT2D eigenvalue weighted by atomic mass is 10.1. The first-order chi connectivity index (χ1) is 17.1. The van der Waals surface area contributed by atoms with E-state index in [1.165, 1.54) is 17.8 Å². The largest absolute Gasteiger partial charge is 0.378 e. The molecule has 0 unspecified atom stereocenters. The summed E-state index contributed by atoms with van der Waals surface area (Å²) in [6.07, 6.45) is 14.8. The molecule has 0 atom stereocenters. The van der Waals surface area contributed by atoms with Gasteiger partial charge in [0.15, 0.2) is 5.78 Å². The van der Waals surface area contributed by atoms with Crippen molar-refractivity contribution in [3.63, 3.8) is 0 Å². The smallest absolute Gasteiger partial charge is 0.185 e. The maximum absolute atomic E-state index is 12.8. The van der Waals surface area contributed by atoms with Gasteiger partial charge >= 0.3 is 0 Å². The van der Waals surface area contributed by atoms with Gasteiger partial charge < -0.3 is 14.3 Å². The molecule has 4 nitrogen and oxygen atoms in total. The van der Waals surface area contributed by atoms with E-state index in [4.69, 9.17) is 0 Å². The molecule has 0 N–H and O–H groups in total. The summed E-state index contributed by atoms with van der Waals surface area (Å²) in [6.45, 7) is 2.21. The van der Waals surface area contributed by atoms with Crippen molar-refractivity contribution in [3.05, 3.63) is 95.1 Å². The Kier molecular flexibility index (Phi) is 9.49. The van der Waals surface area contributed by atoms with E-state index in [-0.39, 0.29) is 5.78 Å². The fourth-order valence-corrected chi connectivity index (χ4v) is 4.21. The summed E-state index contributed by atoms with van der Waals surface area (Å²) in [5, 5.41) is 0. The Morgan fingerprint density at radius 3 is 1.67 bits per heavy atom. The molecule has 36 heavy (non-hydrogen) atoms. The minimum Gasteiger partial charge on any atom is -0.378 e. The van der Waals surface area contributed by atoms with E-state index in [0.717, 1.165) is 52.7 Å². The van der Waals surface area contributed by atoms with Crippen molar-refractivity contribution in [2.45, 2.75) is 19.3 Å². The number of anilines is 2. The van der Waals surface area contributed by atoms with Gasteiger partial charge in [-0.25, -0.2) is 0 Å². The molecular weight excluding hydrogens is 442 g/mol. The third-order valence-corrected chi connectivity index (χ3v) is 6.48. The average molecular weight is 485 g/mol. The van der Waals surface area contributed by atoms with Crippen LogP contribution in [0.5, 0.6) is 0 Å². The van der Waals surface area contributed by atoms with Crippen molar-refractivity contribution in [1.29, 1.82) is 0 Å². The van der Waals surface area contributed by atoms with Gasteiger partial charge in [-0.15, -0.1) is 0 Å². The lowest BCUT2D eigenvalue weighted by Gasteiger charge is -2.26. The van der Waals surface area contributed by atoms with Crippen molar-refractivity contribution < 1.29 is 9.28 Å². The second-order valence-corrected chi connectivity index (χ2v) is 10.8. The Hall–Kier alpha value is -3.37. The normalized spacial score (nSPS) is 16.7. The predicted octanol–water partition coefficient (Wildman–Crippen LogP) is 6.23. The first-order valence-electron chi connectivity index (χ1n) is 12.8. The van der Waals surface area contributed by atoms with Gasteiger partial charge in [-0.05, 0) is 48.2 Å². The summed E-state index contributed by atoms with van der Waals surface area (Å²) in [7, 11) is 12.9. The van der Waals surface area contributed by atoms with E-state index >= 15 is 0 Å². The Morgan fingerprint density at radius 2 is 1.22 bits per heavy atom. The van der Waals surface area contributed by atoms with Crippen LogP contribution in [0.4, 0.5) is 11.4 Å². The van der Waals surface area contributed by atoms with Crippen LogP contribution in [0, 0.1) is 0 Å². The number of ketones is 1. The lowest BCUT2D eigenvalue weighted by molar-refractivity contribution is -0.870. The second kappa shape index (κ2) is 12.5. The van der Waals surface area contributed by atoms with Gasteiger partial charge in [-0.3, -0.25) is 4.79 Å².